The Hall–Kier alpha value is -2.19. The fourth-order valence-electron chi connectivity index (χ4n) is 2.93. The van der Waals surface area contributed by atoms with Gasteiger partial charge in [-0.05, 0) is 32.5 Å². The fourth-order valence-corrected chi connectivity index (χ4v) is 2.93. The molecule has 1 aromatic heterocycles. The van der Waals surface area contributed by atoms with E-state index in [1.807, 2.05) is 24.3 Å². The van der Waals surface area contributed by atoms with E-state index in [2.05, 4.69) is 33.5 Å². The Morgan fingerprint density at radius 3 is 3.00 bits per heavy atom. The van der Waals surface area contributed by atoms with Crippen LogP contribution in [0.4, 0.5) is 5.69 Å². The summed E-state index contributed by atoms with van der Waals surface area (Å²) in [5.41, 5.74) is 1.99. The molecule has 5 heteroatoms. The number of hydrogen-bond acceptors (Lipinski definition) is 5. The van der Waals surface area contributed by atoms with Crippen LogP contribution in [0.1, 0.15) is 25.0 Å². The molecule has 2 aromatic rings. The summed E-state index contributed by atoms with van der Waals surface area (Å²) in [6.45, 7) is 1.98. The summed E-state index contributed by atoms with van der Waals surface area (Å²) in [6.07, 6.45) is 3.75. The summed E-state index contributed by atoms with van der Waals surface area (Å²) in [4.78, 5) is 2.39. The third-order valence-electron chi connectivity index (χ3n) is 4.21. The standard InChI is InChI=1S/C16H19N5/c1-21-9-5-4-6-12(21)11-18-16-13-7-2-3-8-14(13)19-20-15(16)10-17/h2-3,7-8,12H,4-6,9,11H2,1H3,(H,18,19). The first-order valence-electron chi connectivity index (χ1n) is 7.39. The van der Waals surface area contributed by atoms with Gasteiger partial charge in [0, 0.05) is 18.0 Å². The average Bonchev–Trinajstić information content (AvgIpc) is 2.53. The van der Waals surface area contributed by atoms with Crippen LogP contribution in [0.3, 0.4) is 0 Å². The molecule has 1 aliphatic heterocycles. The molecular formula is C16H19N5. The zero-order chi connectivity index (χ0) is 14.7. The summed E-state index contributed by atoms with van der Waals surface area (Å²) in [7, 11) is 2.17. The first kappa shape index (κ1) is 13.8. The zero-order valence-electron chi connectivity index (χ0n) is 12.2. The van der Waals surface area contributed by atoms with Gasteiger partial charge in [-0.1, -0.05) is 24.6 Å². The van der Waals surface area contributed by atoms with Gasteiger partial charge >= 0.3 is 0 Å². The van der Waals surface area contributed by atoms with Gasteiger partial charge in [0.15, 0.2) is 5.69 Å². The SMILES string of the molecule is CN1CCCCC1CNc1c(C#N)nnc2ccccc12. The minimum absolute atomic E-state index is 0.368. The molecule has 1 aliphatic rings. The van der Waals surface area contributed by atoms with E-state index in [1.165, 1.54) is 19.3 Å². The number of piperidine rings is 1. The lowest BCUT2D eigenvalue weighted by atomic mass is 10.0. The molecule has 21 heavy (non-hydrogen) atoms. The first-order valence-corrected chi connectivity index (χ1v) is 7.39. The normalized spacial score (nSPS) is 19.3. The number of nitriles is 1. The van der Waals surface area contributed by atoms with Crippen LogP contribution in [0.25, 0.3) is 10.9 Å². The van der Waals surface area contributed by atoms with Gasteiger partial charge < -0.3 is 10.2 Å². The van der Waals surface area contributed by atoms with Crippen molar-refractivity contribution >= 4 is 16.6 Å². The molecule has 1 fully saturated rings. The third-order valence-corrected chi connectivity index (χ3v) is 4.21. The minimum Gasteiger partial charge on any atom is -0.381 e. The number of anilines is 1. The van der Waals surface area contributed by atoms with E-state index in [0.29, 0.717) is 11.7 Å². The average molecular weight is 281 g/mol. The number of likely N-dealkylation sites (N-methyl/N-ethyl adjacent to an activating group) is 1. The molecule has 2 heterocycles. The van der Waals surface area contributed by atoms with E-state index in [9.17, 15) is 5.26 Å². The van der Waals surface area contributed by atoms with Gasteiger partial charge in [-0.25, -0.2) is 0 Å². The van der Waals surface area contributed by atoms with Gasteiger partial charge in [0.05, 0.1) is 11.2 Å². The maximum atomic E-state index is 9.26. The number of fused-ring (bicyclic) bond motifs is 1. The maximum Gasteiger partial charge on any atom is 0.186 e. The Labute approximate surface area is 124 Å². The van der Waals surface area contributed by atoms with Gasteiger partial charge in [-0.3, -0.25) is 0 Å². The van der Waals surface area contributed by atoms with E-state index >= 15 is 0 Å². The number of nitrogens with zero attached hydrogens (tertiary/aromatic N) is 4. The molecule has 1 aromatic carbocycles. The molecule has 0 amide bonds. The van der Waals surface area contributed by atoms with Crippen molar-refractivity contribution in [1.82, 2.24) is 15.1 Å². The molecule has 1 saturated heterocycles. The highest BCUT2D eigenvalue weighted by Gasteiger charge is 2.19. The molecule has 0 radical (unpaired) electrons. The Morgan fingerprint density at radius 2 is 2.19 bits per heavy atom. The van der Waals surface area contributed by atoms with Crippen molar-refractivity contribution in [3.05, 3.63) is 30.0 Å². The van der Waals surface area contributed by atoms with Gasteiger partial charge in [0.2, 0.25) is 0 Å². The van der Waals surface area contributed by atoms with Crippen LogP contribution in [-0.4, -0.2) is 41.3 Å². The largest absolute Gasteiger partial charge is 0.381 e. The summed E-state index contributed by atoms with van der Waals surface area (Å²) in [5, 5.41) is 21.8. The smallest absolute Gasteiger partial charge is 0.186 e. The number of benzene rings is 1. The van der Waals surface area contributed by atoms with Gasteiger partial charge in [0.1, 0.15) is 6.07 Å². The topological polar surface area (TPSA) is 64.8 Å². The lowest BCUT2D eigenvalue weighted by Crippen LogP contribution is -2.40. The fraction of sp³-hybridized carbons (Fsp3) is 0.438. The van der Waals surface area contributed by atoms with Crippen molar-refractivity contribution in [2.75, 3.05) is 25.5 Å². The minimum atomic E-state index is 0.368. The zero-order valence-corrected chi connectivity index (χ0v) is 12.2. The summed E-state index contributed by atoms with van der Waals surface area (Å²) < 4.78 is 0. The highest BCUT2D eigenvalue weighted by atomic mass is 15.2. The molecule has 1 atom stereocenters. The second-order valence-corrected chi connectivity index (χ2v) is 5.56. The highest BCUT2D eigenvalue weighted by molar-refractivity contribution is 5.92. The van der Waals surface area contributed by atoms with Crippen molar-refractivity contribution in [1.29, 1.82) is 5.26 Å². The quantitative estimate of drug-likeness (QED) is 0.936. The number of hydrogen-bond donors (Lipinski definition) is 1. The van der Waals surface area contributed by atoms with Crippen molar-refractivity contribution < 1.29 is 0 Å². The van der Waals surface area contributed by atoms with E-state index < -0.39 is 0 Å². The summed E-state index contributed by atoms with van der Waals surface area (Å²) in [6, 6.07) is 10.4. The van der Waals surface area contributed by atoms with E-state index in [0.717, 1.165) is 29.7 Å². The highest BCUT2D eigenvalue weighted by Crippen LogP contribution is 2.24. The first-order chi connectivity index (χ1) is 10.3. The molecule has 0 spiro atoms. The van der Waals surface area contributed by atoms with Crippen LogP contribution in [0.2, 0.25) is 0 Å². The Bertz CT molecular complexity index is 676. The lowest BCUT2D eigenvalue weighted by molar-refractivity contribution is 0.194. The van der Waals surface area contributed by atoms with Crippen LogP contribution in [-0.2, 0) is 0 Å². The molecule has 1 unspecified atom stereocenters. The van der Waals surface area contributed by atoms with E-state index in [-0.39, 0.29) is 0 Å². The van der Waals surface area contributed by atoms with E-state index in [1.54, 1.807) is 0 Å². The predicted molar refractivity (Wildman–Crippen MR) is 83.0 cm³/mol. The van der Waals surface area contributed by atoms with Gasteiger partial charge in [-0.15, -0.1) is 10.2 Å². The molecule has 0 bridgehead atoms. The Kier molecular flexibility index (Phi) is 3.98. The number of rotatable bonds is 3. The van der Waals surface area contributed by atoms with Gasteiger partial charge in [0.25, 0.3) is 0 Å². The van der Waals surface area contributed by atoms with Crippen LogP contribution in [0.5, 0.6) is 0 Å². The molecule has 0 aliphatic carbocycles. The van der Waals surface area contributed by atoms with Gasteiger partial charge in [-0.2, -0.15) is 5.26 Å². The van der Waals surface area contributed by atoms with Crippen molar-refractivity contribution in [2.24, 2.45) is 0 Å². The maximum absolute atomic E-state index is 9.26. The van der Waals surface area contributed by atoms with Crippen LogP contribution < -0.4 is 5.32 Å². The molecule has 108 valence electrons. The van der Waals surface area contributed by atoms with Crippen LogP contribution in [0, 0.1) is 11.3 Å². The Morgan fingerprint density at radius 1 is 1.33 bits per heavy atom. The monoisotopic (exact) mass is 281 g/mol. The van der Waals surface area contributed by atoms with Crippen LogP contribution in [0.15, 0.2) is 24.3 Å². The number of likely N-dealkylation sites (tertiary alicyclic amines) is 1. The number of nitrogens with one attached hydrogen (secondary N) is 1. The third kappa shape index (κ3) is 2.81. The van der Waals surface area contributed by atoms with Crippen molar-refractivity contribution in [2.45, 2.75) is 25.3 Å². The molecule has 3 rings (SSSR count). The molecule has 0 saturated carbocycles. The molecular weight excluding hydrogens is 262 g/mol. The predicted octanol–water partition coefficient (Wildman–Crippen LogP) is 2.40. The second-order valence-electron chi connectivity index (χ2n) is 5.56. The Balaban J connectivity index is 1.87. The molecule has 5 nitrogen and oxygen atoms in total. The lowest BCUT2D eigenvalue weighted by Gasteiger charge is -2.32. The van der Waals surface area contributed by atoms with Crippen molar-refractivity contribution in [3.63, 3.8) is 0 Å². The number of aromatic nitrogens is 2. The summed E-state index contributed by atoms with van der Waals surface area (Å²) in [5.74, 6) is 0. The molecule has 1 N–H and O–H groups in total. The van der Waals surface area contributed by atoms with E-state index in [4.69, 9.17) is 0 Å². The van der Waals surface area contributed by atoms with Crippen molar-refractivity contribution in [3.8, 4) is 6.07 Å². The second kappa shape index (κ2) is 6.06. The summed E-state index contributed by atoms with van der Waals surface area (Å²) >= 11 is 0. The van der Waals surface area contributed by atoms with Crippen LogP contribution >= 0.6 is 0 Å².